The first-order valence-corrected chi connectivity index (χ1v) is 9.96. The van der Waals surface area contributed by atoms with E-state index >= 15 is 0 Å². The Kier molecular flexibility index (Phi) is 5.15. The third kappa shape index (κ3) is 4.00. The van der Waals surface area contributed by atoms with Crippen LogP contribution in [0.1, 0.15) is 37.7 Å². The van der Waals surface area contributed by atoms with Crippen molar-refractivity contribution >= 4 is 11.4 Å². The normalized spacial score (nSPS) is 14.9. The van der Waals surface area contributed by atoms with E-state index in [9.17, 15) is 5.11 Å². The highest BCUT2D eigenvalue weighted by Gasteiger charge is 2.23. The highest BCUT2D eigenvalue weighted by Crippen LogP contribution is 2.35. The molecule has 138 valence electrons. The fourth-order valence-corrected chi connectivity index (χ4v) is 4.08. The zero-order chi connectivity index (χ0) is 18.6. The number of benzene rings is 3. The highest BCUT2D eigenvalue weighted by molar-refractivity contribution is 5.70. The van der Waals surface area contributed by atoms with Crippen molar-refractivity contribution in [1.29, 1.82) is 0 Å². The van der Waals surface area contributed by atoms with E-state index in [4.69, 9.17) is 0 Å². The third-order valence-corrected chi connectivity index (χ3v) is 5.60. The number of anilines is 2. The van der Waals surface area contributed by atoms with E-state index in [0.29, 0.717) is 11.8 Å². The highest BCUT2D eigenvalue weighted by atomic mass is 16.3. The number of phenolic OH excluding ortho intramolecular Hbond substituents is 1. The van der Waals surface area contributed by atoms with E-state index in [0.717, 1.165) is 5.69 Å². The van der Waals surface area contributed by atoms with Crippen LogP contribution in [-0.4, -0.2) is 11.1 Å². The number of phenols is 1. The van der Waals surface area contributed by atoms with Crippen LogP contribution in [0.5, 0.6) is 5.75 Å². The van der Waals surface area contributed by atoms with Crippen LogP contribution in [0.4, 0.5) is 11.4 Å². The van der Waals surface area contributed by atoms with Gasteiger partial charge in [-0.15, -0.1) is 0 Å². The molecule has 0 aliphatic heterocycles. The van der Waals surface area contributed by atoms with Crippen LogP contribution in [0.25, 0.3) is 11.1 Å². The summed E-state index contributed by atoms with van der Waals surface area (Å²) in [4.78, 5) is 2.46. The molecule has 4 rings (SSSR count). The monoisotopic (exact) mass is 357 g/mol. The Morgan fingerprint density at radius 2 is 1.15 bits per heavy atom. The molecule has 0 bridgehead atoms. The number of hydrogen-bond acceptors (Lipinski definition) is 2. The molecule has 2 heteroatoms. The number of aromatic hydroxyl groups is 1. The maximum absolute atomic E-state index is 9.68. The molecule has 0 saturated heterocycles. The molecular weight excluding hydrogens is 330 g/mol. The first kappa shape index (κ1) is 17.7. The van der Waals surface area contributed by atoms with Crippen LogP contribution < -0.4 is 4.90 Å². The predicted molar refractivity (Wildman–Crippen MR) is 114 cm³/mol. The minimum absolute atomic E-state index is 0.317. The van der Waals surface area contributed by atoms with Crippen molar-refractivity contribution < 1.29 is 5.11 Å². The van der Waals surface area contributed by atoms with E-state index < -0.39 is 0 Å². The molecule has 0 radical (unpaired) electrons. The molecule has 2 nitrogen and oxygen atoms in total. The lowest BCUT2D eigenvalue weighted by Gasteiger charge is -2.36. The zero-order valence-electron chi connectivity index (χ0n) is 15.9. The molecular formula is C25H27NO. The zero-order valence-corrected chi connectivity index (χ0v) is 15.9. The van der Waals surface area contributed by atoms with Gasteiger partial charge in [0.15, 0.2) is 0 Å². The minimum atomic E-state index is 0.317. The minimum Gasteiger partial charge on any atom is -0.508 e. The van der Waals surface area contributed by atoms with E-state index in [1.165, 1.54) is 54.5 Å². The maximum Gasteiger partial charge on any atom is 0.115 e. The smallest absolute Gasteiger partial charge is 0.115 e. The molecule has 0 aromatic heterocycles. The molecule has 3 aromatic rings. The fraction of sp³-hybridized carbons (Fsp3) is 0.280. The Bertz CT molecular complexity index is 860. The summed E-state index contributed by atoms with van der Waals surface area (Å²) in [5.74, 6) is 0.317. The summed E-state index contributed by atoms with van der Waals surface area (Å²) in [7, 11) is 0. The van der Waals surface area contributed by atoms with Crippen molar-refractivity contribution in [2.24, 2.45) is 0 Å². The van der Waals surface area contributed by atoms with Crippen LogP contribution in [-0.2, 0) is 0 Å². The summed E-state index contributed by atoms with van der Waals surface area (Å²) < 4.78 is 0. The Morgan fingerprint density at radius 1 is 0.667 bits per heavy atom. The first-order valence-electron chi connectivity index (χ1n) is 9.96. The molecule has 27 heavy (non-hydrogen) atoms. The van der Waals surface area contributed by atoms with Crippen LogP contribution in [0.3, 0.4) is 0 Å². The number of rotatable bonds is 4. The van der Waals surface area contributed by atoms with Gasteiger partial charge in [0, 0.05) is 17.4 Å². The molecule has 1 N–H and O–H groups in total. The quantitative estimate of drug-likeness (QED) is 0.552. The average Bonchev–Trinajstić information content (AvgIpc) is 2.72. The van der Waals surface area contributed by atoms with E-state index in [1.807, 2.05) is 12.1 Å². The van der Waals surface area contributed by atoms with Crippen molar-refractivity contribution in [3.05, 3.63) is 78.4 Å². The SMILES string of the molecule is Cc1ccc(-c2ccc(N(c3ccc(O)cc3)C3CCCCC3)cc2)cc1. The van der Waals surface area contributed by atoms with Gasteiger partial charge in [0.25, 0.3) is 0 Å². The molecule has 1 fully saturated rings. The first-order chi connectivity index (χ1) is 13.2. The predicted octanol–water partition coefficient (Wildman–Crippen LogP) is 6.84. The molecule has 0 atom stereocenters. The molecule has 1 saturated carbocycles. The Hall–Kier alpha value is -2.74. The second-order valence-corrected chi connectivity index (χ2v) is 7.59. The lowest BCUT2D eigenvalue weighted by Crippen LogP contribution is -2.32. The van der Waals surface area contributed by atoms with Crippen LogP contribution in [0.15, 0.2) is 72.8 Å². The molecule has 1 aliphatic rings. The lowest BCUT2D eigenvalue weighted by molar-refractivity contribution is 0.435. The second-order valence-electron chi connectivity index (χ2n) is 7.59. The summed E-state index contributed by atoms with van der Waals surface area (Å²) in [6.45, 7) is 2.12. The number of aryl methyl sites for hydroxylation is 1. The Labute approximate surface area is 162 Å². The average molecular weight is 357 g/mol. The molecule has 0 spiro atoms. The van der Waals surface area contributed by atoms with Gasteiger partial charge in [-0.1, -0.05) is 61.2 Å². The van der Waals surface area contributed by atoms with Gasteiger partial charge in [-0.25, -0.2) is 0 Å². The third-order valence-electron chi connectivity index (χ3n) is 5.60. The number of nitrogens with zero attached hydrogens (tertiary/aromatic N) is 1. The molecule has 3 aromatic carbocycles. The summed E-state index contributed by atoms with van der Waals surface area (Å²) in [6, 6.07) is 25.7. The summed E-state index contributed by atoms with van der Waals surface area (Å²) in [5.41, 5.74) is 6.16. The van der Waals surface area contributed by atoms with E-state index in [1.54, 1.807) is 12.1 Å². The van der Waals surface area contributed by atoms with Gasteiger partial charge in [0.2, 0.25) is 0 Å². The topological polar surface area (TPSA) is 23.5 Å². The second kappa shape index (κ2) is 7.87. The van der Waals surface area contributed by atoms with Gasteiger partial charge < -0.3 is 10.0 Å². The van der Waals surface area contributed by atoms with Crippen molar-refractivity contribution in [3.63, 3.8) is 0 Å². The van der Waals surface area contributed by atoms with Gasteiger partial charge in [-0.3, -0.25) is 0 Å². The Morgan fingerprint density at radius 3 is 1.70 bits per heavy atom. The van der Waals surface area contributed by atoms with Crippen molar-refractivity contribution in [2.75, 3.05) is 4.90 Å². The van der Waals surface area contributed by atoms with Gasteiger partial charge in [-0.2, -0.15) is 0 Å². The van der Waals surface area contributed by atoms with Gasteiger partial charge in [0.1, 0.15) is 5.75 Å². The maximum atomic E-state index is 9.68. The molecule has 1 aliphatic carbocycles. The lowest BCUT2D eigenvalue weighted by atomic mass is 9.93. The summed E-state index contributed by atoms with van der Waals surface area (Å²) >= 11 is 0. The van der Waals surface area contributed by atoms with Crippen molar-refractivity contribution in [2.45, 2.75) is 45.1 Å². The van der Waals surface area contributed by atoms with Crippen LogP contribution in [0, 0.1) is 6.92 Å². The van der Waals surface area contributed by atoms with Crippen molar-refractivity contribution in [3.8, 4) is 16.9 Å². The largest absolute Gasteiger partial charge is 0.508 e. The summed E-state index contributed by atoms with van der Waals surface area (Å²) in [6.07, 6.45) is 6.37. The molecule has 0 amide bonds. The van der Waals surface area contributed by atoms with Crippen LogP contribution in [0.2, 0.25) is 0 Å². The van der Waals surface area contributed by atoms with Gasteiger partial charge >= 0.3 is 0 Å². The van der Waals surface area contributed by atoms with Gasteiger partial charge in [0.05, 0.1) is 0 Å². The molecule has 0 unspecified atom stereocenters. The van der Waals surface area contributed by atoms with Gasteiger partial charge in [-0.05, 0) is 67.3 Å². The van der Waals surface area contributed by atoms with Crippen molar-refractivity contribution in [1.82, 2.24) is 0 Å². The molecule has 0 heterocycles. The van der Waals surface area contributed by atoms with E-state index in [2.05, 4.69) is 60.4 Å². The van der Waals surface area contributed by atoms with Crippen LogP contribution >= 0.6 is 0 Å². The van der Waals surface area contributed by atoms with E-state index in [-0.39, 0.29) is 0 Å². The Balaban J connectivity index is 1.66. The number of hydrogen-bond donors (Lipinski definition) is 1. The fourth-order valence-electron chi connectivity index (χ4n) is 4.08. The summed E-state index contributed by atoms with van der Waals surface area (Å²) in [5, 5.41) is 9.68. The standard InChI is InChI=1S/C25H27NO/c1-19-7-9-20(10-8-19)21-11-13-23(14-12-21)26(22-5-3-2-4-6-22)24-15-17-25(27)18-16-24/h7-18,22,27H,2-6H2,1H3.